The molecule has 2 saturated heterocycles. The Morgan fingerprint density at radius 1 is 0.955 bits per heavy atom. The number of carbonyl (C=O) groups is 2. The molecule has 5 heterocycles. The van der Waals surface area contributed by atoms with Crippen molar-refractivity contribution in [1.82, 2.24) is 34.6 Å². The first-order valence-electron chi connectivity index (χ1n) is 14.7. The zero-order chi connectivity index (χ0) is 30.7. The fourth-order valence-electron chi connectivity index (χ4n) is 5.29. The fourth-order valence-corrected chi connectivity index (χ4v) is 5.29. The topological polar surface area (TPSA) is 153 Å². The highest BCUT2D eigenvalue weighted by atomic mass is 16.6. The summed E-state index contributed by atoms with van der Waals surface area (Å²) in [5, 5.41) is 11.1. The maximum Gasteiger partial charge on any atom is 0.410 e. The van der Waals surface area contributed by atoms with Crippen LogP contribution in [0.4, 0.5) is 26.9 Å². The van der Waals surface area contributed by atoms with Crippen LogP contribution >= 0.6 is 0 Å². The molecule has 44 heavy (non-hydrogen) atoms. The van der Waals surface area contributed by atoms with Crippen LogP contribution in [-0.2, 0) is 9.47 Å². The maximum atomic E-state index is 12.6. The van der Waals surface area contributed by atoms with Crippen molar-refractivity contribution in [3.8, 4) is 11.4 Å². The largest absolute Gasteiger partial charge is 0.444 e. The van der Waals surface area contributed by atoms with Gasteiger partial charge in [0.2, 0.25) is 0 Å². The highest BCUT2D eigenvalue weighted by Gasteiger charge is 2.30. The van der Waals surface area contributed by atoms with Gasteiger partial charge in [-0.05, 0) is 57.9 Å². The SMILES string of the molecule is CC(C)(C)OC(=O)N1CCC(n2ncc3c(N4CCOCC4)nc(-c4ccc(NC(=O)Nc5cnccn5)cc4)nc32)CC1. The van der Waals surface area contributed by atoms with E-state index in [-0.39, 0.29) is 12.1 Å². The molecule has 0 unspecified atom stereocenters. The number of hydrogen-bond donors (Lipinski definition) is 2. The predicted octanol–water partition coefficient (Wildman–Crippen LogP) is 4.34. The van der Waals surface area contributed by atoms with Crippen molar-refractivity contribution in [3.63, 3.8) is 0 Å². The van der Waals surface area contributed by atoms with Crippen LogP contribution in [0.5, 0.6) is 0 Å². The summed E-state index contributed by atoms with van der Waals surface area (Å²) in [7, 11) is 0. The quantitative estimate of drug-likeness (QED) is 0.338. The third kappa shape index (κ3) is 6.70. The highest BCUT2D eigenvalue weighted by molar-refractivity contribution is 5.99. The first-order valence-corrected chi connectivity index (χ1v) is 14.7. The molecule has 14 heteroatoms. The van der Waals surface area contributed by atoms with Gasteiger partial charge in [0.1, 0.15) is 11.4 Å². The van der Waals surface area contributed by atoms with Gasteiger partial charge in [-0.15, -0.1) is 0 Å². The molecule has 14 nitrogen and oxygen atoms in total. The predicted molar refractivity (Wildman–Crippen MR) is 165 cm³/mol. The second-order valence-corrected chi connectivity index (χ2v) is 11.7. The number of carbonyl (C=O) groups excluding carboxylic acids is 2. The second-order valence-electron chi connectivity index (χ2n) is 11.7. The molecule has 2 aliphatic rings. The molecule has 1 aromatic carbocycles. The van der Waals surface area contributed by atoms with Crippen LogP contribution in [0.1, 0.15) is 39.7 Å². The lowest BCUT2D eigenvalue weighted by molar-refractivity contribution is 0.0186. The molecule has 3 aromatic heterocycles. The Morgan fingerprint density at radius 2 is 1.70 bits per heavy atom. The lowest BCUT2D eigenvalue weighted by Crippen LogP contribution is -2.42. The van der Waals surface area contributed by atoms with Gasteiger partial charge in [0, 0.05) is 49.8 Å². The van der Waals surface area contributed by atoms with Crippen molar-refractivity contribution in [1.29, 1.82) is 0 Å². The molecule has 2 aliphatic heterocycles. The van der Waals surface area contributed by atoms with Crippen molar-refractivity contribution in [2.45, 2.75) is 45.3 Å². The third-order valence-corrected chi connectivity index (χ3v) is 7.41. The Bertz CT molecular complexity index is 1610. The minimum absolute atomic E-state index is 0.0749. The summed E-state index contributed by atoms with van der Waals surface area (Å²) < 4.78 is 13.1. The van der Waals surface area contributed by atoms with Gasteiger partial charge >= 0.3 is 12.1 Å². The number of urea groups is 1. The van der Waals surface area contributed by atoms with E-state index in [2.05, 4.69) is 25.5 Å². The molecule has 230 valence electrons. The minimum atomic E-state index is -0.534. The number of aromatic nitrogens is 6. The summed E-state index contributed by atoms with van der Waals surface area (Å²) in [4.78, 5) is 47.0. The zero-order valence-electron chi connectivity index (χ0n) is 25.1. The summed E-state index contributed by atoms with van der Waals surface area (Å²) >= 11 is 0. The number of nitrogens with zero attached hydrogens (tertiary/aromatic N) is 8. The van der Waals surface area contributed by atoms with E-state index in [4.69, 9.17) is 24.5 Å². The Labute approximate surface area is 254 Å². The lowest BCUT2D eigenvalue weighted by Gasteiger charge is -2.33. The van der Waals surface area contributed by atoms with Crippen LogP contribution in [0.2, 0.25) is 0 Å². The van der Waals surface area contributed by atoms with Gasteiger partial charge < -0.3 is 24.6 Å². The summed E-state index contributed by atoms with van der Waals surface area (Å²) in [5.41, 5.74) is 1.62. The molecule has 2 fully saturated rings. The number of ether oxygens (including phenoxy) is 2. The van der Waals surface area contributed by atoms with E-state index in [1.165, 1.54) is 18.6 Å². The van der Waals surface area contributed by atoms with E-state index in [0.717, 1.165) is 48.3 Å². The van der Waals surface area contributed by atoms with Crippen LogP contribution in [0.25, 0.3) is 22.4 Å². The number of piperidine rings is 1. The number of fused-ring (bicyclic) bond motifs is 1. The molecule has 2 N–H and O–H groups in total. The molecule has 0 bridgehead atoms. The first kappa shape index (κ1) is 29.2. The Kier molecular flexibility index (Phi) is 8.24. The summed E-state index contributed by atoms with van der Waals surface area (Å²) in [6.07, 6.45) is 7.53. The van der Waals surface area contributed by atoms with Crippen LogP contribution in [0.3, 0.4) is 0 Å². The second kappa shape index (κ2) is 12.4. The average Bonchev–Trinajstić information content (AvgIpc) is 3.45. The van der Waals surface area contributed by atoms with Crippen LogP contribution < -0.4 is 15.5 Å². The Hall–Kier alpha value is -4.85. The van der Waals surface area contributed by atoms with Crippen LogP contribution in [0, 0.1) is 0 Å². The smallest absolute Gasteiger partial charge is 0.410 e. The van der Waals surface area contributed by atoms with Crippen molar-refractivity contribution in [2.24, 2.45) is 0 Å². The number of rotatable bonds is 5. The number of nitrogens with one attached hydrogen (secondary N) is 2. The van der Waals surface area contributed by atoms with Gasteiger partial charge in [-0.1, -0.05) is 0 Å². The highest BCUT2D eigenvalue weighted by Crippen LogP contribution is 2.32. The van der Waals surface area contributed by atoms with Crippen molar-refractivity contribution in [2.75, 3.05) is 54.9 Å². The lowest BCUT2D eigenvalue weighted by atomic mass is 10.1. The normalized spacial score (nSPS) is 16.2. The molecule has 0 radical (unpaired) electrons. The third-order valence-electron chi connectivity index (χ3n) is 7.41. The number of likely N-dealkylation sites (tertiary alicyclic amines) is 1. The molecule has 4 aromatic rings. The van der Waals surface area contributed by atoms with E-state index in [9.17, 15) is 9.59 Å². The fraction of sp³-hybridized carbons (Fsp3) is 0.433. The van der Waals surface area contributed by atoms with Gasteiger partial charge in [-0.2, -0.15) is 5.10 Å². The zero-order valence-corrected chi connectivity index (χ0v) is 25.1. The van der Waals surface area contributed by atoms with Gasteiger partial charge in [-0.3, -0.25) is 10.3 Å². The number of hydrogen-bond acceptors (Lipinski definition) is 10. The van der Waals surface area contributed by atoms with Crippen LogP contribution in [-0.4, -0.2) is 91.7 Å². The van der Waals surface area contributed by atoms with E-state index in [1.54, 1.807) is 17.0 Å². The van der Waals surface area contributed by atoms with Crippen molar-refractivity contribution < 1.29 is 19.1 Å². The van der Waals surface area contributed by atoms with E-state index in [1.807, 2.05) is 43.8 Å². The standard InChI is InChI=1S/C30H36N10O4/c1-30(2,3)44-29(42)39-12-8-22(9-13-39)40-27-23(18-33-40)26(38-14-16-43-17-15-38)36-25(37-27)20-4-6-21(7-5-20)34-28(41)35-24-19-31-10-11-32-24/h4-7,10-11,18-19,22H,8-9,12-17H2,1-3H3,(H2,32,34,35,41). The monoisotopic (exact) mass is 600 g/mol. The molecular weight excluding hydrogens is 564 g/mol. The number of anilines is 3. The summed E-state index contributed by atoms with van der Waals surface area (Å²) in [6.45, 7) is 9.45. The Balaban J connectivity index is 1.24. The molecule has 0 aliphatic carbocycles. The van der Waals surface area contributed by atoms with E-state index in [0.29, 0.717) is 43.6 Å². The maximum absolute atomic E-state index is 12.6. The summed E-state index contributed by atoms with van der Waals surface area (Å²) in [6, 6.07) is 7.01. The summed E-state index contributed by atoms with van der Waals surface area (Å²) in [5.74, 6) is 1.73. The van der Waals surface area contributed by atoms with Crippen molar-refractivity contribution >= 4 is 40.5 Å². The van der Waals surface area contributed by atoms with Crippen molar-refractivity contribution in [3.05, 3.63) is 49.1 Å². The molecule has 0 atom stereocenters. The number of morpholine rings is 1. The number of amides is 3. The Morgan fingerprint density at radius 3 is 2.39 bits per heavy atom. The molecule has 6 rings (SSSR count). The van der Waals surface area contributed by atoms with Crippen LogP contribution in [0.15, 0.2) is 49.1 Å². The molecule has 3 amide bonds. The van der Waals surface area contributed by atoms with Gasteiger partial charge in [0.15, 0.2) is 17.3 Å². The van der Waals surface area contributed by atoms with Gasteiger partial charge in [0.05, 0.1) is 37.0 Å². The molecular formula is C30H36N10O4. The van der Waals surface area contributed by atoms with Gasteiger partial charge in [-0.25, -0.2) is 29.2 Å². The first-order chi connectivity index (χ1) is 21.2. The van der Waals surface area contributed by atoms with E-state index < -0.39 is 11.6 Å². The van der Waals surface area contributed by atoms with E-state index >= 15 is 0 Å². The van der Waals surface area contributed by atoms with Gasteiger partial charge in [0.25, 0.3) is 0 Å². The molecule has 0 saturated carbocycles. The molecule has 0 spiro atoms. The number of benzene rings is 1. The average molecular weight is 601 g/mol. The minimum Gasteiger partial charge on any atom is -0.444 e.